The van der Waals surface area contributed by atoms with Crippen LogP contribution in [0.2, 0.25) is 0 Å². The predicted molar refractivity (Wildman–Crippen MR) is 57.9 cm³/mol. The lowest BCUT2D eigenvalue weighted by atomic mass is 9.82. The van der Waals surface area contributed by atoms with Crippen LogP contribution in [0.4, 0.5) is 0 Å². The minimum absolute atomic E-state index is 0.0900. The van der Waals surface area contributed by atoms with E-state index < -0.39 is 0 Å². The second-order valence-electron chi connectivity index (χ2n) is 4.01. The van der Waals surface area contributed by atoms with E-state index in [0.717, 1.165) is 38.6 Å². The molecule has 0 spiro atoms. The van der Waals surface area contributed by atoms with Crippen LogP contribution in [0.5, 0.6) is 0 Å². The average molecular weight is 201 g/mol. The lowest BCUT2D eigenvalue weighted by molar-refractivity contribution is -0.152. The number of hydrogen-bond acceptors (Lipinski definition) is 3. The molecular weight excluding hydrogens is 178 g/mol. The molecule has 0 unspecified atom stereocenters. The number of carbonyl (C=O) groups excluding carboxylic acids is 1. The van der Waals surface area contributed by atoms with Gasteiger partial charge in [-0.2, -0.15) is 0 Å². The molecule has 0 aromatic heterocycles. The summed E-state index contributed by atoms with van der Waals surface area (Å²) < 4.78 is 4.80. The van der Waals surface area contributed by atoms with Crippen LogP contribution in [0, 0.1) is 5.41 Å². The van der Waals surface area contributed by atoms with Gasteiger partial charge in [0.25, 0.3) is 0 Å². The van der Waals surface area contributed by atoms with Crippen molar-refractivity contribution in [3.05, 3.63) is 0 Å². The summed E-state index contributed by atoms with van der Waals surface area (Å²) in [6, 6.07) is 0. The lowest BCUT2D eigenvalue weighted by Crippen LogP contribution is -2.28. The lowest BCUT2D eigenvalue weighted by Gasteiger charge is -2.24. The van der Waals surface area contributed by atoms with Crippen molar-refractivity contribution in [1.82, 2.24) is 0 Å². The number of esters is 1. The number of carbonyl (C=O) groups is 1. The molecule has 0 fully saturated rings. The Morgan fingerprint density at radius 1 is 1.36 bits per heavy atom. The highest BCUT2D eigenvalue weighted by Gasteiger charge is 2.31. The van der Waals surface area contributed by atoms with Crippen LogP contribution in [0.1, 0.15) is 46.0 Å². The van der Waals surface area contributed by atoms with Gasteiger partial charge in [-0.3, -0.25) is 4.79 Å². The van der Waals surface area contributed by atoms with Crippen molar-refractivity contribution in [2.24, 2.45) is 11.1 Å². The molecule has 0 saturated heterocycles. The minimum Gasteiger partial charge on any atom is -0.469 e. The Morgan fingerprint density at radius 2 is 2.00 bits per heavy atom. The van der Waals surface area contributed by atoms with Crippen molar-refractivity contribution in [2.75, 3.05) is 13.7 Å². The van der Waals surface area contributed by atoms with E-state index in [-0.39, 0.29) is 11.4 Å². The molecule has 0 rings (SSSR count). The summed E-state index contributed by atoms with van der Waals surface area (Å²) in [7, 11) is 1.45. The van der Waals surface area contributed by atoms with Crippen LogP contribution < -0.4 is 5.73 Å². The van der Waals surface area contributed by atoms with Crippen LogP contribution in [0.15, 0.2) is 0 Å². The highest BCUT2D eigenvalue weighted by molar-refractivity contribution is 5.76. The molecule has 2 N–H and O–H groups in total. The van der Waals surface area contributed by atoms with Crippen LogP contribution in [0.3, 0.4) is 0 Å². The Balaban J connectivity index is 3.93. The summed E-state index contributed by atoms with van der Waals surface area (Å²) in [6.45, 7) is 4.74. The standard InChI is InChI=1S/C11H23NO2/c1-4-11(2,10(13)14-3)8-6-5-7-9-12/h4-9,12H2,1-3H3/t11-/m1/s1. The fraction of sp³-hybridized carbons (Fsp3) is 0.909. The van der Waals surface area contributed by atoms with E-state index in [9.17, 15) is 4.79 Å². The Bertz CT molecular complexity index is 171. The van der Waals surface area contributed by atoms with Crippen LogP contribution in [-0.2, 0) is 9.53 Å². The highest BCUT2D eigenvalue weighted by Crippen LogP contribution is 2.29. The van der Waals surface area contributed by atoms with Gasteiger partial charge in [-0.1, -0.05) is 19.8 Å². The topological polar surface area (TPSA) is 52.3 Å². The number of hydrogen-bond donors (Lipinski definition) is 1. The maximum atomic E-state index is 11.5. The zero-order chi connectivity index (χ0) is 11.0. The normalized spacial score (nSPS) is 14.9. The summed E-state index contributed by atoms with van der Waals surface area (Å²) in [5.41, 5.74) is 5.10. The molecule has 3 nitrogen and oxygen atoms in total. The Kier molecular flexibility index (Phi) is 6.54. The average Bonchev–Trinajstić information content (AvgIpc) is 2.22. The van der Waals surface area contributed by atoms with E-state index in [1.54, 1.807) is 0 Å². The number of ether oxygens (including phenoxy) is 1. The van der Waals surface area contributed by atoms with E-state index in [0.29, 0.717) is 0 Å². The van der Waals surface area contributed by atoms with Crippen LogP contribution in [-0.4, -0.2) is 19.6 Å². The molecular formula is C11H23NO2. The fourth-order valence-electron chi connectivity index (χ4n) is 1.51. The molecule has 3 heteroatoms. The Hall–Kier alpha value is -0.570. The van der Waals surface area contributed by atoms with Crippen molar-refractivity contribution >= 4 is 5.97 Å². The van der Waals surface area contributed by atoms with Gasteiger partial charge in [-0.05, 0) is 32.7 Å². The van der Waals surface area contributed by atoms with Crippen LogP contribution >= 0.6 is 0 Å². The molecule has 0 heterocycles. The molecule has 0 aromatic rings. The molecule has 1 atom stereocenters. The van der Waals surface area contributed by atoms with Gasteiger partial charge in [0.1, 0.15) is 0 Å². The molecule has 0 saturated carbocycles. The predicted octanol–water partition coefficient (Wildman–Crippen LogP) is 2.09. The summed E-state index contributed by atoms with van der Waals surface area (Å²) in [6.07, 6.45) is 4.93. The molecule has 0 bridgehead atoms. The molecule has 14 heavy (non-hydrogen) atoms. The molecule has 0 amide bonds. The molecule has 0 aliphatic rings. The van der Waals surface area contributed by atoms with Crippen LogP contribution in [0.25, 0.3) is 0 Å². The number of methoxy groups -OCH3 is 1. The quantitative estimate of drug-likeness (QED) is 0.507. The third kappa shape index (κ3) is 4.09. The molecule has 0 aromatic carbocycles. The van der Waals surface area contributed by atoms with Crippen molar-refractivity contribution in [2.45, 2.75) is 46.0 Å². The van der Waals surface area contributed by atoms with Crippen molar-refractivity contribution in [1.29, 1.82) is 0 Å². The van der Waals surface area contributed by atoms with E-state index in [2.05, 4.69) is 0 Å². The largest absolute Gasteiger partial charge is 0.469 e. The maximum Gasteiger partial charge on any atom is 0.311 e. The smallest absolute Gasteiger partial charge is 0.311 e. The van der Waals surface area contributed by atoms with Crippen molar-refractivity contribution in [3.63, 3.8) is 0 Å². The summed E-state index contributed by atoms with van der Waals surface area (Å²) in [5, 5.41) is 0. The molecule has 0 aliphatic carbocycles. The number of nitrogens with two attached hydrogens (primary N) is 1. The third-order valence-corrected chi connectivity index (χ3v) is 2.89. The van der Waals surface area contributed by atoms with Gasteiger partial charge in [0, 0.05) is 0 Å². The zero-order valence-electron chi connectivity index (χ0n) is 9.64. The van der Waals surface area contributed by atoms with Crippen molar-refractivity contribution in [3.8, 4) is 0 Å². The summed E-state index contributed by atoms with van der Waals surface area (Å²) in [4.78, 5) is 11.5. The second kappa shape index (κ2) is 6.82. The molecule has 0 aliphatic heterocycles. The van der Waals surface area contributed by atoms with Gasteiger partial charge < -0.3 is 10.5 Å². The van der Waals surface area contributed by atoms with Crippen molar-refractivity contribution < 1.29 is 9.53 Å². The maximum absolute atomic E-state index is 11.5. The van der Waals surface area contributed by atoms with E-state index in [4.69, 9.17) is 10.5 Å². The molecule has 84 valence electrons. The number of rotatable bonds is 7. The monoisotopic (exact) mass is 201 g/mol. The first-order chi connectivity index (χ1) is 6.60. The first-order valence-corrected chi connectivity index (χ1v) is 5.39. The zero-order valence-corrected chi connectivity index (χ0v) is 9.64. The Morgan fingerprint density at radius 3 is 2.43 bits per heavy atom. The van der Waals surface area contributed by atoms with E-state index >= 15 is 0 Å². The van der Waals surface area contributed by atoms with Gasteiger partial charge in [0.2, 0.25) is 0 Å². The Labute approximate surface area is 87.0 Å². The number of unbranched alkanes of at least 4 members (excludes halogenated alkanes) is 2. The molecule has 0 radical (unpaired) electrons. The van der Waals surface area contributed by atoms with Gasteiger partial charge in [-0.15, -0.1) is 0 Å². The van der Waals surface area contributed by atoms with Gasteiger partial charge in [0.15, 0.2) is 0 Å². The summed E-state index contributed by atoms with van der Waals surface area (Å²) in [5.74, 6) is -0.0900. The first-order valence-electron chi connectivity index (χ1n) is 5.39. The van der Waals surface area contributed by atoms with Gasteiger partial charge in [-0.25, -0.2) is 0 Å². The van der Waals surface area contributed by atoms with Gasteiger partial charge >= 0.3 is 5.97 Å². The van der Waals surface area contributed by atoms with E-state index in [1.165, 1.54) is 7.11 Å². The highest BCUT2D eigenvalue weighted by atomic mass is 16.5. The summed E-state index contributed by atoms with van der Waals surface area (Å²) >= 11 is 0. The fourth-order valence-corrected chi connectivity index (χ4v) is 1.51. The SMILES string of the molecule is CC[C@](C)(CCCCCN)C(=O)OC. The first kappa shape index (κ1) is 13.4. The second-order valence-corrected chi connectivity index (χ2v) is 4.01. The minimum atomic E-state index is -0.302. The van der Waals surface area contributed by atoms with E-state index in [1.807, 2.05) is 13.8 Å². The van der Waals surface area contributed by atoms with Gasteiger partial charge in [0.05, 0.1) is 12.5 Å². The third-order valence-electron chi connectivity index (χ3n) is 2.89.